The first kappa shape index (κ1) is 15.3. The van der Waals surface area contributed by atoms with E-state index in [9.17, 15) is 4.79 Å². The van der Waals surface area contributed by atoms with Crippen LogP contribution in [-0.2, 0) is 9.53 Å². The number of ether oxygens (including phenoxy) is 1. The molecule has 0 aliphatic heterocycles. The van der Waals surface area contributed by atoms with Crippen molar-refractivity contribution in [2.24, 2.45) is 17.8 Å². The van der Waals surface area contributed by atoms with Gasteiger partial charge in [0.2, 0.25) is 0 Å². The molecule has 4 atom stereocenters. The molecule has 0 N–H and O–H groups in total. The van der Waals surface area contributed by atoms with E-state index in [4.69, 9.17) is 4.74 Å². The van der Waals surface area contributed by atoms with Crippen molar-refractivity contribution in [1.82, 2.24) is 0 Å². The normalized spacial score (nSPS) is 28.6. The van der Waals surface area contributed by atoms with E-state index in [1.807, 2.05) is 0 Å². The summed E-state index contributed by atoms with van der Waals surface area (Å²) < 4.78 is 5.65. The summed E-state index contributed by atoms with van der Waals surface area (Å²) in [6.07, 6.45) is 15.9. The van der Waals surface area contributed by atoms with E-state index in [-0.39, 0.29) is 12.1 Å². The van der Waals surface area contributed by atoms with Gasteiger partial charge >= 0.3 is 5.97 Å². The zero-order chi connectivity index (χ0) is 14.4. The molecule has 2 nitrogen and oxygen atoms in total. The Kier molecular flexibility index (Phi) is 5.87. The van der Waals surface area contributed by atoms with E-state index in [1.54, 1.807) is 0 Å². The van der Waals surface area contributed by atoms with Gasteiger partial charge in [-0.15, -0.1) is 0 Å². The maximum atomic E-state index is 11.6. The number of allylic oxidation sites excluding steroid dienone is 2. The van der Waals surface area contributed by atoms with Crippen molar-refractivity contribution in [2.45, 2.75) is 64.4 Å². The molecule has 2 heteroatoms. The second-order valence-corrected chi connectivity index (χ2v) is 6.33. The van der Waals surface area contributed by atoms with Crippen molar-refractivity contribution in [3.8, 4) is 0 Å². The smallest absolute Gasteiger partial charge is 0.330 e. The molecule has 0 aromatic carbocycles. The monoisotopic (exact) mass is 276 g/mol. The minimum absolute atomic E-state index is 0.0991. The molecule has 112 valence electrons. The number of unbranched alkanes of at least 4 members (excludes halogenated alkanes) is 4. The Labute approximate surface area is 123 Å². The van der Waals surface area contributed by atoms with Gasteiger partial charge in [-0.25, -0.2) is 4.79 Å². The Morgan fingerprint density at radius 3 is 2.70 bits per heavy atom. The Morgan fingerprint density at radius 2 is 2.10 bits per heavy atom. The summed E-state index contributed by atoms with van der Waals surface area (Å²) in [6, 6.07) is 0. The molecule has 0 aromatic heterocycles. The zero-order valence-electron chi connectivity index (χ0n) is 12.7. The fourth-order valence-corrected chi connectivity index (χ4v) is 3.76. The van der Waals surface area contributed by atoms with Gasteiger partial charge in [0, 0.05) is 12.0 Å². The minimum Gasteiger partial charge on any atom is -0.459 e. The van der Waals surface area contributed by atoms with Crippen LogP contribution in [0.25, 0.3) is 0 Å². The predicted octanol–water partition coefficient (Wildman–Crippen LogP) is 4.66. The zero-order valence-corrected chi connectivity index (χ0v) is 12.7. The number of hydrogen-bond donors (Lipinski definition) is 0. The molecule has 0 spiro atoms. The second-order valence-electron chi connectivity index (χ2n) is 6.33. The third-order valence-electron chi connectivity index (χ3n) is 4.83. The van der Waals surface area contributed by atoms with Crippen molar-refractivity contribution in [3.63, 3.8) is 0 Å². The topological polar surface area (TPSA) is 26.3 Å². The summed E-state index contributed by atoms with van der Waals surface area (Å²) in [7, 11) is 0. The fourth-order valence-electron chi connectivity index (χ4n) is 3.76. The largest absolute Gasteiger partial charge is 0.459 e. The standard InChI is InChI=1S/C18H28O2/c1-3-5-6-7-8-9-17(20-18(19)4-2)16-13-14-10-11-15(16)12-14/h4,10-11,14-17H,2-3,5-9,12-13H2,1H3. The Bertz CT molecular complexity index is 358. The van der Waals surface area contributed by atoms with Crippen LogP contribution in [0.5, 0.6) is 0 Å². The number of rotatable bonds is 9. The van der Waals surface area contributed by atoms with E-state index in [0.29, 0.717) is 11.8 Å². The third-order valence-corrected chi connectivity index (χ3v) is 4.83. The summed E-state index contributed by atoms with van der Waals surface area (Å²) in [5.74, 6) is 1.66. The average molecular weight is 276 g/mol. The molecule has 0 amide bonds. The van der Waals surface area contributed by atoms with Gasteiger partial charge in [-0.1, -0.05) is 51.3 Å². The van der Waals surface area contributed by atoms with E-state index in [2.05, 4.69) is 25.7 Å². The van der Waals surface area contributed by atoms with Crippen molar-refractivity contribution in [2.75, 3.05) is 0 Å². The highest BCUT2D eigenvalue weighted by Crippen LogP contribution is 2.46. The minimum atomic E-state index is -0.254. The van der Waals surface area contributed by atoms with Crippen LogP contribution in [0.2, 0.25) is 0 Å². The fraction of sp³-hybridized carbons (Fsp3) is 0.722. The molecule has 2 aliphatic rings. The van der Waals surface area contributed by atoms with E-state index in [1.165, 1.54) is 51.0 Å². The molecule has 2 aliphatic carbocycles. The molecule has 0 saturated heterocycles. The van der Waals surface area contributed by atoms with E-state index in [0.717, 1.165) is 12.3 Å². The van der Waals surface area contributed by atoms with Gasteiger partial charge in [0.25, 0.3) is 0 Å². The highest BCUT2D eigenvalue weighted by Gasteiger charge is 2.41. The van der Waals surface area contributed by atoms with Gasteiger partial charge in [-0.2, -0.15) is 0 Å². The molecule has 4 unspecified atom stereocenters. The lowest BCUT2D eigenvalue weighted by Crippen LogP contribution is -2.29. The van der Waals surface area contributed by atoms with Gasteiger partial charge in [0.1, 0.15) is 6.10 Å². The summed E-state index contributed by atoms with van der Waals surface area (Å²) >= 11 is 0. The summed E-state index contributed by atoms with van der Waals surface area (Å²) in [6.45, 7) is 5.75. The van der Waals surface area contributed by atoms with Crippen LogP contribution in [0.3, 0.4) is 0 Å². The van der Waals surface area contributed by atoms with Crippen LogP contribution in [0.1, 0.15) is 58.3 Å². The molecular formula is C18H28O2. The van der Waals surface area contributed by atoms with Gasteiger partial charge in [0.05, 0.1) is 0 Å². The maximum Gasteiger partial charge on any atom is 0.330 e. The summed E-state index contributed by atoms with van der Waals surface area (Å²) in [4.78, 5) is 11.6. The Morgan fingerprint density at radius 1 is 1.30 bits per heavy atom. The molecule has 1 saturated carbocycles. The van der Waals surface area contributed by atoms with Gasteiger partial charge in [0.15, 0.2) is 0 Å². The number of hydrogen-bond acceptors (Lipinski definition) is 2. The van der Waals surface area contributed by atoms with Crippen LogP contribution >= 0.6 is 0 Å². The van der Waals surface area contributed by atoms with Crippen molar-refractivity contribution >= 4 is 5.97 Å². The first-order chi connectivity index (χ1) is 9.74. The number of fused-ring (bicyclic) bond motifs is 2. The molecule has 2 bridgehead atoms. The lowest BCUT2D eigenvalue weighted by Gasteiger charge is -2.28. The third kappa shape index (κ3) is 3.97. The SMILES string of the molecule is C=CC(=O)OC(CCCCCCC)C1CC2C=CC1C2. The molecule has 20 heavy (non-hydrogen) atoms. The van der Waals surface area contributed by atoms with Crippen LogP contribution in [0.4, 0.5) is 0 Å². The Balaban J connectivity index is 1.83. The molecular weight excluding hydrogens is 248 g/mol. The number of carbonyl (C=O) groups excluding carboxylic acids is 1. The van der Waals surface area contributed by atoms with Crippen LogP contribution < -0.4 is 0 Å². The first-order valence-electron chi connectivity index (χ1n) is 8.26. The predicted molar refractivity (Wildman–Crippen MR) is 82.3 cm³/mol. The molecule has 0 radical (unpaired) electrons. The highest BCUT2D eigenvalue weighted by molar-refractivity contribution is 5.81. The lowest BCUT2D eigenvalue weighted by molar-refractivity contribution is -0.146. The molecule has 0 heterocycles. The lowest BCUT2D eigenvalue weighted by atomic mass is 9.86. The number of carbonyl (C=O) groups is 1. The Hall–Kier alpha value is -1.05. The van der Waals surface area contributed by atoms with Crippen molar-refractivity contribution in [3.05, 3.63) is 24.8 Å². The van der Waals surface area contributed by atoms with Gasteiger partial charge in [-0.05, 0) is 37.5 Å². The van der Waals surface area contributed by atoms with Crippen LogP contribution in [0, 0.1) is 17.8 Å². The van der Waals surface area contributed by atoms with Gasteiger partial charge in [-0.3, -0.25) is 0 Å². The summed E-state index contributed by atoms with van der Waals surface area (Å²) in [5.41, 5.74) is 0. The van der Waals surface area contributed by atoms with Crippen LogP contribution in [-0.4, -0.2) is 12.1 Å². The quantitative estimate of drug-likeness (QED) is 0.265. The molecule has 1 fully saturated rings. The summed E-state index contributed by atoms with van der Waals surface area (Å²) in [5, 5.41) is 0. The average Bonchev–Trinajstić information content (AvgIpc) is 3.08. The van der Waals surface area contributed by atoms with E-state index < -0.39 is 0 Å². The maximum absolute atomic E-state index is 11.6. The first-order valence-corrected chi connectivity index (χ1v) is 8.26. The molecule has 2 rings (SSSR count). The molecule has 0 aromatic rings. The van der Waals surface area contributed by atoms with Crippen molar-refractivity contribution < 1.29 is 9.53 Å². The van der Waals surface area contributed by atoms with Crippen LogP contribution in [0.15, 0.2) is 24.8 Å². The van der Waals surface area contributed by atoms with Gasteiger partial charge < -0.3 is 4.74 Å². The highest BCUT2D eigenvalue weighted by atomic mass is 16.5. The van der Waals surface area contributed by atoms with Crippen molar-refractivity contribution in [1.29, 1.82) is 0 Å². The number of esters is 1. The van der Waals surface area contributed by atoms with E-state index >= 15 is 0 Å². The second kappa shape index (κ2) is 7.66.